The highest BCUT2D eigenvalue weighted by Gasteiger charge is 2.21. The first-order valence-corrected chi connectivity index (χ1v) is 8.70. The van der Waals surface area contributed by atoms with Gasteiger partial charge in [-0.25, -0.2) is 0 Å². The van der Waals surface area contributed by atoms with E-state index in [1.54, 1.807) is 7.11 Å². The summed E-state index contributed by atoms with van der Waals surface area (Å²) in [5.74, 6) is 0.741. The third kappa shape index (κ3) is 5.25. The highest BCUT2D eigenvalue weighted by molar-refractivity contribution is 7.99. The van der Waals surface area contributed by atoms with Crippen LogP contribution < -0.4 is 15.4 Å². The second kappa shape index (κ2) is 8.29. The summed E-state index contributed by atoms with van der Waals surface area (Å²) >= 11 is 1.94. The second-order valence-electron chi connectivity index (χ2n) is 5.38. The highest BCUT2D eigenvalue weighted by atomic mass is 32.2. The molecule has 0 bridgehead atoms. The van der Waals surface area contributed by atoms with Gasteiger partial charge in [-0.05, 0) is 37.7 Å². The summed E-state index contributed by atoms with van der Waals surface area (Å²) in [4.78, 5) is 12.0. The molecule has 2 unspecified atom stereocenters. The van der Waals surface area contributed by atoms with E-state index in [4.69, 9.17) is 4.74 Å². The van der Waals surface area contributed by atoms with Crippen LogP contribution in [0.3, 0.4) is 0 Å². The zero-order valence-corrected chi connectivity index (χ0v) is 13.5. The van der Waals surface area contributed by atoms with Crippen molar-refractivity contribution in [2.24, 2.45) is 0 Å². The maximum atomic E-state index is 12.0. The van der Waals surface area contributed by atoms with E-state index in [1.165, 1.54) is 19.3 Å². The fourth-order valence-corrected chi connectivity index (χ4v) is 3.51. The number of thioether (sulfide) groups is 1. The number of amides is 1. The Balaban J connectivity index is 1.76. The van der Waals surface area contributed by atoms with Crippen LogP contribution in [0.4, 0.5) is 5.69 Å². The number of methoxy groups -OCH3 is 1. The largest absolute Gasteiger partial charge is 0.497 e. The summed E-state index contributed by atoms with van der Waals surface area (Å²) in [6, 6.07) is 7.88. The number of hydrogen-bond donors (Lipinski definition) is 2. The molecule has 21 heavy (non-hydrogen) atoms. The fourth-order valence-electron chi connectivity index (χ4n) is 2.69. The van der Waals surface area contributed by atoms with E-state index >= 15 is 0 Å². The van der Waals surface area contributed by atoms with Crippen LogP contribution in [0.15, 0.2) is 24.3 Å². The molecular weight excluding hydrogens is 284 g/mol. The topological polar surface area (TPSA) is 50.4 Å². The zero-order valence-electron chi connectivity index (χ0n) is 12.7. The molecule has 0 spiro atoms. The molecule has 1 aliphatic rings. The Bertz CT molecular complexity index is 467. The lowest BCUT2D eigenvalue weighted by Gasteiger charge is -2.28. The van der Waals surface area contributed by atoms with Crippen molar-refractivity contribution >= 4 is 23.4 Å². The van der Waals surface area contributed by atoms with E-state index in [-0.39, 0.29) is 5.91 Å². The zero-order chi connectivity index (χ0) is 15.1. The van der Waals surface area contributed by atoms with E-state index in [2.05, 4.69) is 16.9 Å². The van der Waals surface area contributed by atoms with Crippen molar-refractivity contribution in [2.75, 3.05) is 25.2 Å². The van der Waals surface area contributed by atoms with Crippen molar-refractivity contribution in [1.82, 2.24) is 5.32 Å². The number of rotatable bonds is 6. The molecule has 0 aromatic heterocycles. The minimum absolute atomic E-state index is 0.00507. The van der Waals surface area contributed by atoms with Gasteiger partial charge in [0, 0.05) is 23.0 Å². The quantitative estimate of drug-likeness (QED) is 0.848. The molecule has 0 radical (unpaired) electrons. The average molecular weight is 308 g/mol. The molecule has 1 saturated carbocycles. The van der Waals surface area contributed by atoms with Gasteiger partial charge in [-0.15, -0.1) is 0 Å². The number of ether oxygens (including phenoxy) is 1. The highest BCUT2D eigenvalue weighted by Crippen LogP contribution is 2.26. The Kier molecular flexibility index (Phi) is 6.39. The lowest BCUT2D eigenvalue weighted by Crippen LogP contribution is -2.39. The number of benzene rings is 1. The molecule has 0 saturated heterocycles. The Morgan fingerprint density at radius 1 is 1.43 bits per heavy atom. The van der Waals surface area contributed by atoms with Crippen LogP contribution in [0.2, 0.25) is 0 Å². The van der Waals surface area contributed by atoms with Crippen LogP contribution in [0.5, 0.6) is 5.75 Å². The van der Waals surface area contributed by atoms with Crippen LogP contribution in [-0.2, 0) is 4.79 Å². The van der Waals surface area contributed by atoms with Gasteiger partial charge in [-0.1, -0.05) is 12.5 Å². The van der Waals surface area contributed by atoms with Crippen LogP contribution in [0, 0.1) is 0 Å². The minimum Gasteiger partial charge on any atom is -0.497 e. The third-order valence-electron chi connectivity index (χ3n) is 3.86. The summed E-state index contributed by atoms with van der Waals surface area (Å²) in [5.41, 5.74) is 0.770. The summed E-state index contributed by atoms with van der Waals surface area (Å²) in [6.07, 6.45) is 7.05. The predicted octanol–water partition coefficient (Wildman–Crippen LogP) is 2.90. The molecule has 2 N–H and O–H groups in total. The van der Waals surface area contributed by atoms with Crippen LogP contribution in [-0.4, -0.2) is 37.1 Å². The van der Waals surface area contributed by atoms with E-state index < -0.39 is 0 Å². The third-order valence-corrected chi connectivity index (χ3v) is 4.96. The van der Waals surface area contributed by atoms with E-state index in [9.17, 15) is 4.79 Å². The predicted molar refractivity (Wildman–Crippen MR) is 89.2 cm³/mol. The van der Waals surface area contributed by atoms with Crippen molar-refractivity contribution in [3.05, 3.63) is 24.3 Å². The molecule has 2 atom stereocenters. The molecule has 1 amide bonds. The van der Waals surface area contributed by atoms with Gasteiger partial charge in [-0.2, -0.15) is 11.8 Å². The standard InChI is InChI=1S/C16H24N2O2S/c1-20-14-7-3-6-13(9-14)18-16(19)11-17-12-5-4-8-15(10-12)21-2/h3,6-7,9,12,15,17H,4-5,8,10-11H2,1-2H3,(H,18,19). The summed E-state index contributed by atoms with van der Waals surface area (Å²) < 4.78 is 5.15. The van der Waals surface area contributed by atoms with E-state index in [1.807, 2.05) is 36.0 Å². The maximum Gasteiger partial charge on any atom is 0.238 e. The lowest BCUT2D eigenvalue weighted by atomic mass is 9.95. The molecular formula is C16H24N2O2S. The number of anilines is 1. The molecule has 2 rings (SSSR count). The molecule has 1 aromatic carbocycles. The van der Waals surface area contributed by atoms with Gasteiger partial charge in [0.1, 0.15) is 5.75 Å². The molecule has 4 nitrogen and oxygen atoms in total. The van der Waals surface area contributed by atoms with Gasteiger partial charge in [-0.3, -0.25) is 4.79 Å². The van der Waals surface area contributed by atoms with Crippen molar-refractivity contribution in [2.45, 2.75) is 37.0 Å². The fraction of sp³-hybridized carbons (Fsp3) is 0.562. The number of carbonyl (C=O) groups excluding carboxylic acids is 1. The minimum atomic E-state index is -0.00507. The number of hydrogen-bond acceptors (Lipinski definition) is 4. The number of carbonyl (C=O) groups is 1. The van der Waals surface area contributed by atoms with Crippen molar-refractivity contribution in [1.29, 1.82) is 0 Å². The van der Waals surface area contributed by atoms with Crippen LogP contribution >= 0.6 is 11.8 Å². The Labute approximate surface area is 131 Å². The molecule has 5 heteroatoms. The van der Waals surface area contributed by atoms with Crippen LogP contribution in [0.1, 0.15) is 25.7 Å². The molecule has 1 fully saturated rings. The van der Waals surface area contributed by atoms with Crippen molar-refractivity contribution < 1.29 is 9.53 Å². The Hall–Kier alpha value is -1.20. The lowest BCUT2D eigenvalue weighted by molar-refractivity contribution is -0.115. The van der Waals surface area contributed by atoms with Gasteiger partial charge in [0.05, 0.1) is 13.7 Å². The average Bonchev–Trinajstić information content (AvgIpc) is 2.53. The van der Waals surface area contributed by atoms with Crippen molar-refractivity contribution in [3.63, 3.8) is 0 Å². The van der Waals surface area contributed by atoms with Gasteiger partial charge in [0.15, 0.2) is 0 Å². The second-order valence-corrected chi connectivity index (χ2v) is 6.52. The number of nitrogens with one attached hydrogen (secondary N) is 2. The first-order chi connectivity index (χ1) is 10.2. The van der Waals surface area contributed by atoms with E-state index in [0.717, 1.165) is 23.1 Å². The molecule has 0 heterocycles. The van der Waals surface area contributed by atoms with Crippen LogP contribution in [0.25, 0.3) is 0 Å². The summed E-state index contributed by atoms with van der Waals surface area (Å²) in [7, 11) is 1.62. The van der Waals surface area contributed by atoms with E-state index in [0.29, 0.717) is 12.6 Å². The smallest absolute Gasteiger partial charge is 0.238 e. The van der Waals surface area contributed by atoms with Crippen molar-refractivity contribution in [3.8, 4) is 5.75 Å². The Morgan fingerprint density at radius 2 is 2.29 bits per heavy atom. The van der Waals surface area contributed by atoms with Gasteiger partial charge in [0.25, 0.3) is 0 Å². The van der Waals surface area contributed by atoms with Gasteiger partial charge < -0.3 is 15.4 Å². The first-order valence-electron chi connectivity index (χ1n) is 7.41. The Morgan fingerprint density at radius 3 is 3.05 bits per heavy atom. The summed E-state index contributed by atoms with van der Waals surface area (Å²) in [6.45, 7) is 0.364. The molecule has 116 valence electrons. The monoisotopic (exact) mass is 308 g/mol. The maximum absolute atomic E-state index is 12.0. The van der Waals surface area contributed by atoms with Gasteiger partial charge in [0.2, 0.25) is 5.91 Å². The summed E-state index contributed by atoms with van der Waals surface area (Å²) in [5, 5.41) is 7.01. The molecule has 1 aromatic rings. The normalized spacial score (nSPS) is 21.8. The van der Waals surface area contributed by atoms with Gasteiger partial charge >= 0.3 is 0 Å². The first kappa shape index (κ1) is 16.2. The molecule has 1 aliphatic carbocycles. The SMILES string of the molecule is COc1cccc(NC(=O)CNC2CCCC(SC)C2)c1. The molecule has 0 aliphatic heterocycles.